The van der Waals surface area contributed by atoms with Crippen LogP contribution in [0.3, 0.4) is 0 Å². The second-order valence-corrected chi connectivity index (χ2v) is 7.85. The molecule has 1 aliphatic heterocycles. The van der Waals surface area contributed by atoms with E-state index in [1.165, 1.54) is 19.1 Å². The lowest BCUT2D eigenvalue weighted by molar-refractivity contribution is -0.139. The van der Waals surface area contributed by atoms with Crippen LogP contribution in [0.1, 0.15) is 36.9 Å². The summed E-state index contributed by atoms with van der Waals surface area (Å²) in [5, 5.41) is 11.1. The zero-order valence-corrected chi connectivity index (χ0v) is 18.7. The van der Waals surface area contributed by atoms with E-state index >= 15 is 0 Å². The normalized spacial score (nSPS) is 18.0. The van der Waals surface area contributed by atoms with Crippen molar-refractivity contribution in [3.8, 4) is 11.5 Å². The molecule has 0 saturated carbocycles. The first kappa shape index (κ1) is 21.9. The van der Waals surface area contributed by atoms with Crippen molar-refractivity contribution in [3.63, 3.8) is 0 Å². The number of Topliss-reactive ketones (excluding diaryl/α,β-unsaturated/α-hetero) is 1. The summed E-state index contributed by atoms with van der Waals surface area (Å²) >= 11 is 3.36. The molecule has 1 heterocycles. The average molecular weight is 474 g/mol. The van der Waals surface area contributed by atoms with E-state index in [2.05, 4.69) is 15.9 Å². The SMILES string of the molecule is CCCCN1C(=O)C(=O)/C(=C(/O)c2ccc(Br)cc2)C1c1cccc(OC)c1OC. The largest absolute Gasteiger partial charge is 0.507 e. The number of carbonyl (C=O) groups is 2. The van der Waals surface area contributed by atoms with Gasteiger partial charge in [-0.2, -0.15) is 0 Å². The van der Waals surface area contributed by atoms with E-state index in [1.807, 2.05) is 6.92 Å². The highest BCUT2D eigenvalue weighted by Gasteiger charge is 2.47. The van der Waals surface area contributed by atoms with Gasteiger partial charge < -0.3 is 19.5 Å². The van der Waals surface area contributed by atoms with Gasteiger partial charge in [0, 0.05) is 22.1 Å². The summed E-state index contributed by atoms with van der Waals surface area (Å²) in [6.07, 6.45) is 1.59. The maximum Gasteiger partial charge on any atom is 0.295 e. The molecule has 1 N–H and O–H groups in total. The van der Waals surface area contributed by atoms with Gasteiger partial charge in [0.15, 0.2) is 11.5 Å². The predicted octanol–water partition coefficient (Wildman–Crippen LogP) is 4.69. The van der Waals surface area contributed by atoms with Crippen molar-refractivity contribution in [2.75, 3.05) is 20.8 Å². The fourth-order valence-corrected chi connectivity index (χ4v) is 3.92. The van der Waals surface area contributed by atoms with Crippen molar-refractivity contribution in [3.05, 3.63) is 63.6 Å². The molecule has 1 saturated heterocycles. The molecule has 2 aromatic carbocycles. The molecule has 2 aromatic rings. The van der Waals surface area contributed by atoms with Crippen LogP contribution >= 0.6 is 15.9 Å². The van der Waals surface area contributed by atoms with Gasteiger partial charge in [0.25, 0.3) is 11.7 Å². The van der Waals surface area contributed by atoms with E-state index in [4.69, 9.17) is 9.47 Å². The van der Waals surface area contributed by atoms with E-state index < -0.39 is 17.7 Å². The number of hydrogen-bond donors (Lipinski definition) is 1. The van der Waals surface area contributed by atoms with Crippen molar-refractivity contribution in [2.24, 2.45) is 0 Å². The topological polar surface area (TPSA) is 76.1 Å². The highest BCUT2D eigenvalue weighted by Crippen LogP contribution is 2.45. The third kappa shape index (κ3) is 3.94. The molecule has 0 radical (unpaired) electrons. The number of halogens is 1. The second-order valence-electron chi connectivity index (χ2n) is 6.94. The Kier molecular flexibility index (Phi) is 6.82. The van der Waals surface area contributed by atoms with Crippen LogP contribution in [0.25, 0.3) is 5.76 Å². The Morgan fingerprint density at radius 2 is 1.80 bits per heavy atom. The van der Waals surface area contributed by atoms with E-state index in [0.717, 1.165) is 17.3 Å². The van der Waals surface area contributed by atoms with Crippen LogP contribution in [0.4, 0.5) is 0 Å². The first-order valence-electron chi connectivity index (χ1n) is 9.69. The highest BCUT2D eigenvalue weighted by molar-refractivity contribution is 9.10. The van der Waals surface area contributed by atoms with Crippen LogP contribution < -0.4 is 9.47 Å². The van der Waals surface area contributed by atoms with Gasteiger partial charge in [-0.15, -0.1) is 0 Å². The summed E-state index contributed by atoms with van der Waals surface area (Å²) in [5.41, 5.74) is 1.09. The highest BCUT2D eigenvalue weighted by atomic mass is 79.9. The number of methoxy groups -OCH3 is 2. The van der Waals surface area contributed by atoms with Crippen LogP contribution in [0.2, 0.25) is 0 Å². The molecule has 1 atom stereocenters. The van der Waals surface area contributed by atoms with Gasteiger partial charge in [0.1, 0.15) is 5.76 Å². The van der Waals surface area contributed by atoms with Gasteiger partial charge in [-0.3, -0.25) is 9.59 Å². The summed E-state index contributed by atoms with van der Waals surface area (Å²) in [6.45, 7) is 2.41. The lowest BCUT2D eigenvalue weighted by atomic mass is 9.94. The molecule has 7 heteroatoms. The maximum atomic E-state index is 13.0. The Labute approximate surface area is 184 Å². The molecule has 6 nitrogen and oxygen atoms in total. The Balaban J connectivity index is 2.24. The molecule has 30 heavy (non-hydrogen) atoms. The Morgan fingerprint density at radius 3 is 2.40 bits per heavy atom. The van der Waals surface area contributed by atoms with Crippen LogP contribution in [0.5, 0.6) is 11.5 Å². The molecule has 1 aliphatic rings. The van der Waals surface area contributed by atoms with Gasteiger partial charge in [0.2, 0.25) is 0 Å². The molecular formula is C23H24BrNO5. The standard InChI is InChI=1S/C23H24BrNO5/c1-4-5-13-25-19(16-7-6-8-17(29-2)22(16)30-3)18(21(27)23(25)28)20(26)14-9-11-15(24)12-10-14/h6-12,19,26H,4-5,13H2,1-3H3/b20-18+. The number of aliphatic hydroxyl groups excluding tert-OH is 1. The number of nitrogens with zero attached hydrogens (tertiary/aromatic N) is 1. The zero-order valence-electron chi connectivity index (χ0n) is 17.1. The molecule has 3 rings (SSSR count). The van der Waals surface area contributed by atoms with Crippen LogP contribution in [-0.2, 0) is 9.59 Å². The minimum absolute atomic E-state index is 0.0463. The number of para-hydroxylation sites is 1. The number of unbranched alkanes of at least 4 members (excludes halogenated alkanes) is 1. The van der Waals surface area contributed by atoms with E-state index in [0.29, 0.717) is 29.2 Å². The van der Waals surface area contributed by atoms with E-state index in [9.17, 15) is 14.7 Å². The lowest BCUT2D eigenvalue weighted by Crippen LogP contribution is -2.30. The molecule has 0 bridgehead atoms. The van der Waals surface area contributed by atoms with Crippen LogP contribution in [0, 0.1) is 0 Å². The summed E-state index contributed by atoms with van der Waals surface area (Å²) < 4.78 is 11.8. The van der Waals surface area contributed by atoms with Gasteiger partial charge in [-0.05, 0) is 24.6 Å². The summed E-state index contributed by atoms with van der Waals surface area (Å²) in [6, 6.07) is 11.5. The number of carbonyl (C=O) groups excluding carboxylic acids is 2. The smallest absolute Gasteiger partial charge is 0.295 e. The fraction of sp³-hybridized carbons (Fsp3) is 0.304. The first-order valence-corrected chi connectivity index (χ1v) is 10.5. The van der Waals surface area contributed by atoms with Crippen molar-refractivity contribution in [1.29, 1.82) is 0 Å². The zero-order chi connectivity index (χ0) is 21.8. The molecule has 0 spiro atoms. The van der Waals surface area contributed by atoms with Crippen molar-refractivity contribution >= 4 is 33.4 Å². The average Bonchev–Trinajstić information content (AvgIpc) is 3.01. The van der Waals surface area contributed by atoms with Crippen LogP contribution in [0.15, 0.2) is 52.5 Å². The van der Waals surface area contributed by atoms with Crippen LogP contribution in [-0.4, -0.2) is 42.5 Å². The third-order valence-electron chi connectivity index (χ3n) is 5.14. The second kappa shape index (κ2) is 9.34. The number of rotatable bonds is 7. The van der Waals surface area contributed by atoms with Crippen molar-refractivity contribution < 1.29 is 24.2 Å². The van der Waals surface area contributed by atoms with E-state index in [1.54, 1.807) is 42.5 Å². The minimum atomic E-state index is -0.773. The Bertz CT molecular complexity index is 984. The number of benzene rings is 2. The number of ketones is 1. The number of aliphatic hydroxyl groups is 1. The number of likely N-dealkylation sites (tertiary alicyclic amines) is 1. The Hall–Kier alpha value is -2.80. The summed E-state index contributed by atoms with van der Waals surface area (Å²) in [4.78, 5) is 27.4. The molecule has 1 amide bonds. The monoisotopic (exact) mass is 473 g/mol. The summed E-state index contributed by atoms with van der Waals surface area (Å²) in [5.74, 6) is -0.636. The van der Waals surface area contributed by atoms with Gasteiger partial charge >= 0.3 is 0 Å². The number of amides is 1. The van der Waals surface area contributed by atoms with Gasteiger partial charge in [-0.1, -0.05) is 53.5 Å². The molecule has 1 fully saturated rings. The number of hydrogen-bond acceptors (Lipinski definition) is 5. The Morgan fingerprint density at radius 1 is 1.10 bits per heavy atom. The molecular weight excluding hydrogens is 450 g/mol. The third-order valence-corrected chi connectivity index (χ3v) is 5.67. The first-order chi connectivity index (χ1) is 14.4. The van der Waals surface area contributed by atoms with Crippen molar-refractivity contribution in [1.82, 2.24) is 4.90 Å². The maximum absolute atomic E-state index is 13.0. The molecule has 1 unspecified atom stereocenters. The molecule has 0 aromatic heterocycles. The number of ether oxygens (including phenoxy) is 2. The van der Waals surface area contributed by atoms with Gasteiger partial charge in [0.05, 0.1) is 25.8 Å². The lowest BCUT2D eigenvalue weighted by Gasteiger charge is -2.27. The quantitative estimate of drug-likeness (QED) is 0.358. The molecule has 0 aliphatic carbocycles. The van der Waals surface area contributed by atoms with Gasteiger partial charge in [-0.25, -0.2) is 0 Å². The van der Waals surface area contributed by atoms with E-state index in [-0.39, 0.29) is 11.3 Å². The summed E-state index contributed by atoms with van der Waals surface area (Å²) in [7, 11) is 3.03. The predicted molar refractivity (Wildman–Crippen MR) is 118 cm³/mol. The van der Waals surface area contributed by atoms with Crippen molar-refractivity contribution in [2.45, 2.75) is 25.8 Å². The minimum Gasteiger partial charge on any atom is -0.507 e. The molecule has 158 valence electrons. The fourth-order valence-electron chi connectivity index (χ4n) is 3.65.